The van der Waals surface area contributed by atoms with Gasteiger partial charge in [0.2, 0.25) is 10.0 Å². The zero-order chi connectivity index (χ0) is 26.2. The van der Waals surface area contributed by atoms with Gasteiger partial charge in [-0.3, -0.25) is 9.78 Å². The molecule has 0 aliphatic rings. The second-order valence-corrected chi connectivity index (χ2v) is 10.5. The zero-order valence-corrected chi connectivity index (χ0v) is 21.1. The van der Waals surface area contributed by atoms with Crippen molar-refractivity contribution in [1.82, 2.24) is 23.8 Å². The van der Waals surface area contributed by atoms with Crippen LogP contribution in [0, 0.1) is 0 Å². The summed E-state index contributed by atoms with van der Waals surface area (Å²) in [7, 11) is 1.02. The first kappa shape index (κ1) is 24.2. The third-order valence-corrected chi connectivity index (χ3v) is 7.41. The molecule has 5 aromatic rings. The molecule has 5 rings (SSSR count). The number of nitrogens with one attached hydrogen (secondary N) is 1. The Morgan fingerprint density at radius 1 is 0.919 bits per heavy atom. The molecule has 0 unspecified atom stereocenters. The molecule has 0 atom stereocenters. The minimum absolute atomic E-state index is 0.129. The fourth-order valence-corrected chi connectivity index (χ4v) is 4.52. The van der Waals surface area contributed by atoms with Gasteiger partial charge in [0.15, 0.2) is 17.3 Å². The number of nitrogens with zero attached hydrogens (tertiary/aromatic N) is 4. The Kier molecular flexibility index (Phi) is 6.24. The first-order valence-corrected chi connectivity index (χ1v) is 12.7. The van der Waals surface area contributed by atoms with Crippen molar-refractivity contribution >= 4 is 21.1 Å². The van der Waals surface area contributed by atoms with Crippen LogP contribution in [-0.4, -0.2) is 46.3 Å². The molecule has 0 amide bonds. The fraction of sp³-hybridized carbons (Fsp3) is 0.115. The molecule has 3 aromatic heterocycles. The lowest BCUT2D eigenvalue weighted by Gasteiger charge is -2.13. The summed E-state index contributed by atoms with van der Waals surface area (Å²) in [5, 5.41) is 0. The fourth-order valence-electron chi connectivity index (χ4n) is 3.62. The molecule has 0 saturated carbocycles. The van der Waals surface area contributed by atoms with E-state index in [9.17, 15) is 13.2 Å². The van der Waals surface area contributed by atoms with E-state index in [-0.39, 0.29) is 16.2 Å². The van der Waals surface area contributed by atoms with Crippen LogP contribution in [0.25, 0.3) is 22.6 Å². The number of ether oxygens (including phenoxy) is 2. The zero-order valence-electron chi connectivity index (χ0n) is 20.2. The van der Waals surface area contributed by atoms with Gasteiger partial charge >= 0.3 is 0 Å². The van der Waals surface area contributed by atoms with Crippen LogP contribution in [-0.2, 0) is 17.1 Å². The number of hydrogen-bond acceptors (Lipinski definition) is 7. The van der Waals surface area contributed by atoms with E-state index in [0.717, 1.165) is 4.31 Å². The maximum atomic E-state index is 12.6. The second-order valence-electron chi connectivity index (χ2n) is 8.37. The van der Waals surface area contributed by atoms with Crippen molar-refractivity contribution in [2.45, 2.75) is 4.90 Å². The molecule has 0 spiro atoms. The predicted molar refractivity (Wildman–Crippen MR) is 138 cm³/mol. The van der Waals surface area contributed by atoms with E-state index in [2.05, 4.69) is 15.0 Å². The monoisotopic (exact) mass is 517 g/mol. The Morgan fingerprint density at radius 2 is 1.70 bits per heavy atom. The lowest BCUT2D eigenvalue weighted by Crippen LogP contribution is -2.22. The van der Waals surface area contributed by atoms with Gasteiger partial charge in [-0.2, -0.15) is 0 Å². The van der Waals surface area contributed by atoms with Crippen molar-refractivity contribution in [2.24, 2.45) is 7.05 Å². The topological polar surface area (TPSA) is 119 Å². The highest BCUT2D eigenvalue weighted by atomic mass is 32.2. The summed E-state index contributed by atoms with van der Waals surface area (Å²) in [6.45, 7) is 0. The van der Waals surface area contributed by atoms with Crippen molar-refractivity contribution in [3.05, 3.63) is 89.5 Å². The number of hydrogen-bond donors (Lipinski definition) is 1. The largest absolute Gasteiger partial charge is 0.457 e. The van der Waals surface area contributed by atoms with Crippen LogP contribution in [0.3, 0.4) is 0 Å². The lowest BCUT2D eigenvalue weighted by atomic mass is 10.2. The molecule has 11 heteroatoms. The van der Waals surface area contributed by atoms with Gasteiger partial charge in [0.1, 0.15) is 22.7 Å². The molecule has 0 radical (unpaired) electrons. The Hall–Kier alpha value is -4.48. The molecule has 1 N–H and O–H groups in total. The number of sulfonamides is 1. The van der Waals surface area contributed by atoms with E-state index in [4.69, 9.17) is 9.47 Å². The third-order valence-electron chi connectivity index (χ3n) is 5.58. The average molecular weight is 518 g/mol. The Balaban J connectivity index is 1.56. The van der Waals surface area contributed by atoms with Crippen LogP contribution < -0.4 is 15.0 Å². The van der Waals surface area contributed by atoms with E-state index in [0.29, 0.717) is 39.8 Å². The van der Waals surface area contributed by atoms with Gasteiger partial charge in [0, 0.05) is 45.7 Å². The molecule has 0 saturated heterocycles. The summed E-state index contributed by atoms with van der Waals surface area (Å²) < 4.78 is 39.3. The lowest BCUT2D eigenvalue weighted by molar-refractivity contribution is 0.457. The van der Waals surface area contributed by atoms with Crippen molar-refractivity contribution in [3.63, 3.8) is 0 Å². The van der Waals surface area contributed by atoms with Gasteiger partial charge in [-0.15, -0.1) is 0 Å². The molecular weight excluding hydrogens is 494 g/mol. The molecule has 3 heterocycles. The standard InChI is InChI=1S/C26H23N5O5S/c1-30(2)37(33,34)19-11-9-17(10-12-19)35-18-15-21-24(29-25(28-21)20-7-4-5-13-27-20)23(16-18)36-22-8-6-14-31(3)26(22)32/h4-16H,1-3H3,(H,28,29). The van der Waals surface area contributed by atoms with Crippen LogP contribution in [0.1, 0.15) is 0 Å². The summed E-state index contributed by atoms with van der Waals surface area (Å²) >= 11 is 0. The Labute approximate surface area is 212 Å². The number of aryl methyl sites for hydroxylation is 1. The molecule has 37 heavy (non-hydrogen) atoms. The van der Waals surface area contributed by atoms with Crippen LogP contribution >= 0.6 is 0 Å². The van der Waals surface area contributed by atoms with Gasteiger partial charge in [-0.1, -0.05) is 6.07 Å². The minimum atomic E-state index is -3.56. The van der Waals surface area contributed by atoms with Crippen molar-refractivity contribution in [1.29, 1.82) is 0 Å². The number of rotatable bonds is 7. The van der Waals surface area contributed by atoms with Crippen molar-refractivity contribution < 1.29 is 17.9 Å². The van der Waals surface area contributed by atoms with Gasteiger partial charge < -0.3 is 19.0 Å². The second kappa shape index (κ2) is 9.52. The number of pyridine rings is 2. The molecule has 0 bridgehead atoms. The molecule has 188 valence electrons. The van der Waals surface area contributed by atoms with Gasteiger partial charge in [-0.25, -0.2) is 17.7 Å². The number of aromatic nitrogens is 4. The van der Waals surface area contributed by atoms with E-state index < -0.39 is 10.0 Å². The maximum Gasteiger partial charge on any atom is 0.293 e. The predicted octanol–water partition coefficient (Wildman–Crippen LogP) is 4.16. The number of aromatic amines is 1. The summed E-state index contributed by atoms with van der Waals surface area (Å²) in [6, 6.07) is 18.2. The van der Waals surface area contributed by atoms with E-state index in [1.807, 2.05) is 18.2 Å². The summed E-state index contributed by atoms with van der Waals surface area (Å²) in [5.41, 5.74) is 1.43. The third kappa shape index (κ3) is 4.82. The van der Waals surface area contributed by atoms with Crippen molar-refractivity contribution in [2.75, 3.05) is 14.1 Å². The van der Waals surface area contributed by atoms with E-state index >= 15 is 0 Å². The summed E-state index contributed by atoms with van der Waals surface area (Å²) in [5.74, 6) is 1.78. The Morgan fingerprint density at radius 3 is 2.41 bits per heavy atom. The Bertz CT molecular complexity index is 1740. The normalized spacial score (nSPS) is 11.7. The first-order valence-electron chi connectivity index (χ1n) is 11.2. The van der Waals surface area contributed by atoms with Crippen LogP contribution in [0.5, 0.6) is 23.0 Å². The minimum Gasteiger partial charge on any atom is -0.457 e. The van der Waals surface area contributed by atoms with E-state index in [1.54, 1.807) is 55.8 Å². The van der Waals surface area contributed by atoms with E-state index in [1.165, 1.54) is 30.8 Å². The smallest absolute Gasteiger partial charge is 0.293 e. The van der Waals surface area contributed by atoms with Gasteiger partial charge in [0.05, 0.1) is 10.4 Å². The highest BCUT2D eigenvalue weighted by Gasteiger charge is 2.18. The summed E-state index contributed by atoms with van der Waals surface area (Å²) in [6.07, 6.45) is 3.31. The molecule has 0 fully saturated rings. The average Bonchev–Trinajstić information content (AvgIpc) is 3.32. The number of benzene rings is 2. The highest BCUT2D eigenvalue weighted by molar-refractivity contribution is 7.89. The maximum absolute atomic E-state index is 12.6. The molecular formula is C26H23N5O5S. The van der Waals surface area contributed by atoms with Crippen LogP contribution in [0.4, 0.5) is 0 Å². The summed E-state index contributed by atoms with van der Waals surface area (Å²) in [4.78, 5) is 25.0. The quantitative estimate of drug-likeness (QED) is 0.344. The SMILES string of the molecule is CN(C)S(=O)(=O)c1ccc(Oc2cc(Oc3cccn(C)c3=O)c3nc(-c4ccccn4)[nH]c3c2)cc1. The van der Waals surface area contributed by atoms with Crippen molar-refractivity contribution in [3.8, 4) is 34.5 Å². The van der Waals surface area contributed by atoms with Crippen LogP contribution in [0.15, 0.2) is 88.8 Å². The van der Waals surface area contributed by atoms with Crippen LogP contribution in [0.2, 0.25) is 0 Å². The number of fused-ring (bicyclic) bond motifs is 1. The molecule has 0 aliphatic carbocycles. The first-order chi connectivity index (χ1) is 17.7. The molecule has 0 aliphatic heterocycles. The number of H-pyrrole nitrogens is 1. The van der Waals surface area contributed by atoms with Gasteiger partial charge in [-0.05, 0) is 48.5 Å². The molecule has 2 aromatic carbocycles. The highest BCUT2D eigenvalue weighted by Crippen LogP contribution is 2.36. The number of imidazole rings is 1. The molecule has 10 nitrogen and oxygen atoms in total. The van der Waals surface area contributed by atoms with Gasteiger partial charge in [0.25, 0.3) is 5.56 Å².